The monoisotopic (exact) mass is 602 g/mol. The maximum absolute atomic E-state index is 13.1. The number of aryl methyl sites for hydroxylation is 1. The van der Waals surface area contributed by atoms with Crippen LogP contribution in [0.1, 0.15) is 17.5 Å². The number of nitrogens with one attached hydrogen (secondary N) is 1. The van der Waals surface area contributed by atoms with E-state index in [1.165, 1.54) is 0 Å². The molecule has 34 heavy (non-hydrogen) atoms. The van der Waals surface area contributed by atoms with E-state index < -0.39 is 22.3 Å². The topological polar surface area (TPSA) is 80.8 Å². The molecule has 0 bridgehead atoms. The molecule has 0 aliphatic carbocycles. The molecule has 3 heterocycles. The van der Waals surface area contributed by atoms with Gasteiger partial charge >= 0.3 is 6.18 Å². The predicted octanol–water partition coefficient (Wildman–Crippen LogP) is 6.12. The van der Waals surface area contributed by atoms with Gasteiger partial charge in [0.1, 0.15) is 11.4 Å². The third kappa shape index (κ3) is 6.44. The Morgan fingerprint density at radius 1 is 1.12 bits per heavy atom. The van der Waals surface area contributed by atoms with Gasteiger partial charge in [0.15, 0.2) is 5.82 Å². The van der Waals surface area contributed by atoms with Gasteiger partial charge in [-0.2, -0.15) is 13.2 Å². The maximum atomic E-state index is 13.1. The Morgan fingerprint density at radius 3 is 2.56 bits per heavy atom. The van der Waals surface area contributed by atoms with Gasteiger partial charge in [0.05, 0.1) is 28.1 Å². The van der Waals surface area contributed by atoms with Crippen molar-refractivity contribution in [2.75, 3.05) is 11.5 Å². The first-order valence-corrected chi connectivity index (χ1v) is 12.5. The highest BCUT2D eigenvalue weighted by molar-refractivity contribution is 14.1. The minimum Gasteiger partial charge on any atom is -0.494 e. The fourth-order valence-electron chi connectivity index (χ4n) is 3.13. The number of rotatable bonds is 6. The molecule has 1 aromatic carbocycles. The molecule has 0 aliphatic rings. The summed E-state index contributed by atoms with van der Waals surface area (Å²) in [6.07, 6.45) is 1.30. The zero-order valence-corrected chi connectivity index (χ0v) is 20.8. The number of hydrogen-bond acceptors (Lipinski definition) is 5. The molecule has 0 spiro atoms. The molecule has 178 valence electrons. The van der Waals surface area contributed by atoms with E-state index in [2.05, 4.69) is 42.5 Å². The van der Waals surface area contributed by atoms with E-state index in [9.17, 15) is 18.0 Å². The Balaban J connectivity index is 0.00000158. The summed E-state index contributed by atoms with van der Waals surface area (Å²) in [5.41, 5.74) is -0.255. The Kier molecular flexibility index (Phi) is 8.84. The second kappa shape index (κ2) is 11.6. The number of pyridine rings is 2. The summed E-state index contributed by atoms with van der Waals surface area (Å²) in [5.74, 6) is 0.409. The van der Waals surface area contributed by atoms with Crippen LogP contribution in [0, 0.1) is 0 Å². The Morgan fingerprint density at radius 2 is 1.85 bits per heavy atom. The molecular weight excluding hydrogens is 584 g/mol. The van der Waals surface area contributed by atoms with Crippen molar-refractivity contribution >= 4 is 45.1 Å². The average molecular weight is 603 g/mol. The van der Waals surface area contributed by atoms with Gasteiger partial charge in [0.2, 0.25) is 0 Å². The van der Waals surface area contributed by atoms with Crippen molar-refractivity contribution in [2.24, 2.45) is 0 Å². The SMILES string of the molecule is CI.O=c1[nH]c(-c2cc(C(F)(F)F)c(Cl)cn2)nc2ccc(OCCCc3ccncc3)cc12. The Hall–Kier alpha value is -2.73. The molecule has 0 saturated heterocycles. The molecule has 0 saturated carbocycles. The van der Waals surface area contributed by atoms with Gasteiger partial charge < -0.3 is 9.72 Å². The molecule has 6 nitrogen and oxygen atoms in total. The van der Waals surface area contributed by atoms with Gasteiger partial charge in [-0.15, -0.1) is 0 Å². The van der Waals surface area contributed by atoms with Crippen LogP contribution in [0.4, 0.5) is 13.2 Å². The van der Waals surface area contributed by atoms with Crippen LogP contribution in [0.5, 0.6) is 5.75 Å². The fourth-order valence-corrected chi connectivity index (χ4v) is 3.34. The van der Waals surface area contributed by atoms with Crippen LogP contribution >= 0.6 is 34.2 Å². The highest BCUT2D eigenvalue weighted by Crippen LogP contribution is 2.35. The average Bonchev–Trinajstić information content (AvgIpc) is 2.83. The molecule has 3 aromatic heterocycles. The summed E-state index contributed by atoms with van der Waals surface area (Å²) >= 11 is 7.76. The molecule has 0 amide bonds. The zero-order chi connectivity index (χ0) is 24.7. The number of aromatic amines is 1. The molecule has 0 atom stereocenters. The molecule has 11 heteroatoms. The van der Waals surface area contributed by atoms with E-state index >= 15 is 0 Å². The van der Waals surface area contributed by atoms with Crippen molar-refractivity contribution in [3.05, 3.63) is 81.5 Å². The second-order valence-corrected chi connectivity index (χ2v) is 7.36. The van der Waals surface area contributed by atoms with Gasteiger partial charge in [0.25, 0.3) is 5.56 Å². The van der Waals surface area contributed by atoms with E-state index in [0.717, 1.165) is 30.7 Å². The van der Waals surface area contributed by atoms with Crippen molar-refractivity contribution < 1.29 is 17.9 Å². The van der Waals surface area contributed by atoms with Gasteiger partial charge in [-0.25, -0.2) is 4.98 Å². The van der Waals surface area contributed by atoms with Crippen molar-refractivity contribution in [1.82, 2.24) is 19.9 Å². The lowest BCUT2D eigenvalue weighted by atomic mass is 10.1. The third-order valence-corrected chi connectivity index (χ3v) is 5.01. The van der Waals surface area contributed by atoms with Gasteiger partial charge in [-0.1, -0.05) is 34.2 Å². The first kappa shape index (κ1) is 25.9. The largest absolute Gasteiger partial charge is 0.494 e. The highest BCUT2D eigenvalue weighted by atomic mass is 127. The molecule has 0 aliphatic heterocycles. The van der Waals surface area contributed by atoms with Crippen LogP contribution in [-0.2, 0) is 12.6 Å². The summed E-state index contributed by atoms with van der Waals surface area (Å²) in [4.78, 5) is 29.1. The van der Waals surface area contributed by atoms with E-state index in [1.807, 2.05) is 17.1 Å². The molecule has 1 N–H and O–H groups in total. The molecular formula is C23H19ClF3IN4O2. The highest BCUT2D eigenvalue weighted by Gasteiger charge is 2.34. The molecule has 0 unspecified atom stereocenters. The van der Waals surface area contributed by atoms with Crippen molar-refractivity contribution in [2.45, 2.75) is 19.0 Å². The van der Waals surface area contributed by atoms with Crippen LogP contribution in [-0.4, -0.2) is 31.5 Å². The molecule has 4 rings (SSSR count). The fraction of sp³-hybridized carbons (Fsp3) is 0.217. The van der Waals surface area contributed by atoms with Crippen LogP contribution in [0.2, 0.25) is 5.02 Å². The lowest BCUT2D eigenvalue weighted by Gasteiger charge is -2.10. The quantitative estimate of drug-likeness (QED) is 0.164. The smallest absolute Gasteiger partial charge is 0.417 e. The minimum absolute atomic E-state index is 0.0873. The van der Waals surface area contributed by atoms with E-state index in [1.54, 1.807) is 30.6 Å². The number of ether oxygens (including phenoxy) is 1. The summed E-state index contributed by atoms with van der Waals surface area (Å²) in [7, 11) is 0. The third-order valence-electron chi connectivity index (χ3n) is 4.71. The van der Waals surface area contributed by atoms with Crippen LogP contribution < -0.4 is 10.3 Å². The Labute approximate surface area is 211 Å². The summed E-state index contributed by atoms with van der Waals surface area (Å²) < 4.78 is 45.1. The molecule has 0 fully saturated rings. The van der Waals surface area contributed by atoms with Crippen molar-refractivity contribution in [3.8, 4) is 17.3 Å². The lowest BCUT2D eigenvalue weighted by Crippen LogP contribution is -2.12. The second-order valence-electron chi connectivity index (χ2n) is 6.95. The maximum Gasteiger partial charge on any atom is 0.417 e. The van der Waals surface area contributed by atoms with Gasteiger partial charge in [0, 0.05) is 18.6 Å². The first-order valence-electron chi connectivity index (χ1n) is 9.98. The number of H-pyrrole nitrogens is 1. The number of fused-ring (bicyclic) bond motifs is 1. The van der Waals surface area contributed by atoms with Crippen LogP contribution in [0.15, 0.2) is 59.8 Å². The number of alkyl halides is 4. The molecule has 4 aromatic rings. The number of halogens is 5. The van der Waals surface area contributed by atoms with E-state index in [4.69, 9.17) is 16.3 Å². The lowest BCUT2D eigenvalue weighted by molar-refractivity contribution is -0.137. The number of nitrogens with zero attached hydrogens (tertiary/aromatic N) is 3. The van der Waals surface area contributed by atoms with Gasteiger partial charge in [-0.3, -0.25) is 14.8 Å². The standard InChI is InChI=1S/C22H16ClF3N4O2.CH3I/c23-17-12-28-19(11-16(17)22(24,25)26)20-29-18-4-3-14(10-15(18)21(31)30-20)32-9-1-2-13-5-7-27-8-6-13;1-2/h3-8,10-12H,1-2,9H2,(H,29,30,31);1H3. The predicted molar refractivity (Wildman–Crippen MR) is 134 cm³/mol. The van der Waals surface area contributed by atoms with Gasteiger partial charge in [-0.05, 0) is 59.7 Å². The molecule has 0 radical (unpaired) electrons. The number of benzene rings is 1. The number of hydrogen-bond donors (Lipinski definition) is 1. The summed E-state index contributed by atoms with van der Waals surface area (Å²) in [6.45, 7) is 0.451. The van der Waals surface area contributed by atoms with Crippen molar-refractivity contribution in [1.29, 1.82) is 0 Å². The van der Waals surface area contributed by atoms with E-state index in [-0.39, 0.29) is 16.9 Å². The first-order chi connectivity index (χ1) is 16.3. The normalized spacial score (nSPS) is 11.1. The van der Waals surface area contributed by atoms with Crippen LogP contribution in [0.25, 0.3) is 22.4 Å². The van der Waals surface area contributed by atoms with Crippen molar-refractivity contribution in [3.63, 3.8) is 0 Å². The minimum atomic E-state index is -4.66. The zero-order valence-electron chi connectivity index (χ0n) is 17.9. The van der Waals surface area contributed by atoms with Crippen LogP contribution in [0.3, 0.4) is 0 Å². The summed E-state index contributed by atoms with van der Waals surface area (Å²) in [6, 6.07) is 9.41. The van der Waals surface area contributed by atoms with E-state index in [0.29, 0.717) is 17.9 Å². The number of aromatic nitrogens is 4. The summed E-state index contributed by atoms with van der Waals surface area (Å²) in [5, 5.41) is -0.277. The Bertz CT molecular complexity index is 1320.